The fraction of sp³-hybridized carbons (Fsp3) is 0.440. The molecule has 0 bridgehead atoms. The van der Waals surface area contributed by atoms with Gasteiger partial charge >= 0.3 is 5.69 Å². The average molecular weight is 496 g/mol. The second kappa shape index (κ2) is 10.2. The maximum atomic E-state index is 13.7. The molecule has 0 radical (unpaired) electrons. The SMILES string of the molecule is CC(C)=CCn1c(N2CCCC(N)C2)nc2c1c(=O)n(CC(=S)Nc1cccc(C)c1)c(=O)n2C. The van der Waals surface area contributed by atoms with E-state index in [4.69, 9.17) is 22.9 Å². The molecule has 9 nitrogen and oxygen atoms in total. The molecule has 4 rings (SSSR count). The molecule has 3 heterocycles. The van der Waals surface area contributed by atoms with Crippen molar-refractivity contribution in [3.8, 4) is 0 Å². The number of aryl methyl sites for hydroxylation is 2. The van der Waals surface area contributed by atoms with E-state index in [0.29, 0.717) is 35.2 Å². The number of nitrogens with two attached hydrogens (primary N) is 1. The molecule has 10 heteroatoms. The Morgan fingerprint density at radius 2 is 2.06 bits per heavy atom. The van der Waals surface area contributed by atoms with E-state index in [-0.39, 0.29) is 12.6 Å². The zero-order valence-corrected chi connectivity index (χ0v) is 21.6. The molecule has 1 aliphatic rings. The maximum absolute atomic E-state index is 13.7. The quantitative estimate of drug-likeness (QED) is 0.400. The van der Waals surface area contributed by atoms with Crippen LogP contribution >= 0.6 is 12.2 Å². The summed E-state index contributed by atoms with van der Waals surface area (Å²) in [5.41, 5.74) is 9.15. The van der Waals surface area contributed by atoms with Crippen LogP contribution in [0.3, 0.4) is 0 Å². The van der Waals surface area contributed by atoms with E-state index in [9.17, 15) is 9.59 Å². The summed E-state index contributed by atoms with van der Waals surface area (Å²) in [5.74, 6) is 0.665. The van der Waals surface area contributed by atoms with Gasteiger partial charge in [-0.1, -0.05) is 36.0 Å². The Hall–Kier alpha value is -3.24. The Morgan fingerprint density at radius 3 is 2.74 bits per heavy atom. The van der Waals surface area contributed by atoms with Crippen molar-refractivity contribution in [2.75, 3.05) is 23.3 Å². The number of benzene rings is 1. The lowest BCUT2D eigenvalue weighted by Gasteiger charge is -2.31. The van der Waals surface area contributed by atoms with E-state index in [1.807, 2.05) is 55.7 Å². The van der Waals surface area contributed by atoms with Crippen molar-refractivity contribution in [1.82, 2.24) is 18.7 Å². The summed E-state index contributed by atoms with van der Waals surface area (Å²) in [4.78, 5) is 34.2. The van der Waals surface area contributed by atoms with Gasteiger partial charge in [-0.05, 0) is 51.3 Å². The molecule has 35 heavy (non-hydrogen) atoms. The number of hydrogen-bond donors (Lipinski definition) is 2. The number of nitrogens with one attached hydrogen (secondary N) is 1. The van der Waals surface area contributed by atoms with Crippen molar-refractivity contribution in [3.05, 3.63) is 62.3 Å². The molecule has 0 spiro atoms. The van der Waals surface area contributed by atoms with E-state index in [1.54, 1.807) is 7.05 Å². The number of imidazole rings is 1. The Kier molecular flexibility index (Phi) is 7.23. The van der Waals surface area contributed by atoms with Gasteiger partial charge in [-0.3, -0.25) is 13.9 Å². The lowest BCUT2D eigenvalue weighted by atomic mass is 10.1. The van der Waals surface area contributed by atoms with Crippen LogP contribution in [0.5, 0.6) is 0 Å². The molecular formula is C25H33N7O2S. The standard InChI is InChI=1S/C25H33N7O2S/c1-16(2)10-12-31-21-22(28-24(31)30-11-6-8-18(26)14-30)29(4)25(34)32(23(21)33)15-20(35)27-19-9-5-7-17(3)13-19/h5,7,9-10,13,18H,6,8,11-12,14-15,26H2,1-4H3,(H,27,35). The molecule has 1 aliphatic heterocycles. The van der Waals surface area contributed by atoms with E-state index < -0.39 is 11.2 Å². The number of rotatable bonds is 6. The van der Waals surface area contributed by atoms with Gasteiger partial charge in [-0.15, -0.1) is 0 Å². The molecule has 3 aromatic rings. The van der Waals surface area contributed by atoms with Gasteiger partial charge in [0.1, 0.15) is 4.99 Å². The molecular weight excluding hydrogens is 462 g/mol. The molecule has 186 valence electrons. The van der Waals surface area contributed by atoms with Crippen molar-refractivity contribution < 1.29 is 0 Å². The van der Waals surface area contributed by atoms with Gasteiger partial charge in [-0.25, -0.2) is 4.79 Å². The zero-order valence-electron chi connectivity index (χ0n) is 20.7. The molecule has 1 aromatic carbocycles. The highest BCUT2D eigenvalue weighted by Crippen LogP contribution is 2.23. The lowest BCUT2D eigenvalue weighted by Crippen LogP contribution is -2.44. The van der Waals surface area contributed by atoms with Crippen LogP contribution in [0.4, 0.5) is 11.6 Å². The highest BCUT2D eigenvalue weighted by atomic mass is 32.1. The van der Waals surface area contributed by atoms with E-state index in [1.165, 1.54) is 9.13 Å². The molecule has 1 saturated heterocycles. The smallest absolute Gasteiger partial charge is 0.332 e. The van der Waals surface area contributed by atoms with Crippen LogP contribution in [0.1, 0.15) is 32.3 Å². The number of nitrogens with zero attached hydrogens (tertiary/aromatic N) is 5. The third kappa shape index (κ3) is 5.23. The Morgan fingerprint density at radius 1 is 1.29 bits per heavy atom. The number of allylic oxidation sites excluding steroid dienone is 2. The monoisotopic (exact) mass is 495 g/mol. The summed E-state index contributed by atoms with van der Waals surface area (Å²) < 4.78 is 4.51. The number of hydrogen-bond acceptors (Lipinski definition) is 6. The van der Waals surface area contributed by atoms with Crippen molar-refractivity contribution in [3.63, 3.8) is 0 Å². The van der Waals surface area contributed by atoms with E-state index in [0.717, 1.165) is 36.2 Å². The van der Waals surface area contributed by atoms with Gasteiger partial charge in [0.25, 0.3) is 5.56 Å². The van der Waals surface area contributed by atoms with Gasteiger partial charge in [0, 0.05) is 38.4 Å². The predicted octanol–water partition coefficient (Wildman–Crippen LogP) is 2.54. The molecule has 3 N–H and O–H groups in total. The summed E-state index contributed by atoms with van der Waals surface area (Å²) in [6.07, 6.45) is 3.96. The van der Waals surface area contributed by atoms with Crippen LogP contribution in [0, 0.1) is 6.92 Å². The molecule has 2 aromatic heterocycles. The fourth-order valence-corrected chi connectivity index (χ4v) is 4.69. The number of aromatic nitrogens is 4. The van der Waals surface area contributed by atoms with E-state index in [2.05, 4.69) is 10.2 Å². The van der Waals surface area contributed by atoms with Crippen LogP contribution in [0.25, 0.3) is 11.2 Å². The first-order valence-corrected chi connectivity index (χ1v) is 12.3. The van der Waals surface area contributed by atoms with Crippen LogP contribution in [-0.2, 0) is 20.1 Å². The van der Waals surface area contributed by atoms with Crippen molar-refractivity contribution >= 4 is 40.0 Å². The van der Waals surface area contributed by atoms with Gasteiger partial charge in [0.05, 0.1) is 6.54 Å². The number of anilines is 2. The van der Waals surface area contributed by atoms with Gasteiger partial charge in [0.2, 0.25) is 5.95 Å². The first-order valence-electron chi connectivity index (χ1n) is 11.9. The minimum absolute atomic E-state index is 0.0253. The largest absolute Gasteiger partial charge is 0.349 e. The number of fused-ring (bicyclic) bond motifs is 1. The van der Waals surface area contributed by atoms with Gasteiger partial charge in [0.15, 0.2) is 11.2 Å². The van der Waals surface area contributed by atoms with Crippen LogP contribution in [-0.4, -0.2) is 42.8 Å². The highest BCUT2D eigenvalue weighted by Gasteiger charge is 2.26. The summed E-state index contributed by atoms with van der Waals surface area (Å²) in [6.45, 7) is 7.92. The summed E-state index contributed by atoms with van der Waals surface area (Å²) in [6, 6.07) is 7.82. The van der Waals surface area contributed by atoms with Gasteiger partial charge in [-0.2, -0.15) is 4.98 Å². The zero-order chi connectivity index (χ0) is 25.3. The number of thiocarbonyl (C=S) groups is 1. The van der Waals surface area contributed by atoms with Crippen LogP contribution < -0.4 is 27.2 Å². The normalized spacial score (nSPS) is 15.9. The molecule has 0 amide bonds. The van der Waals surface area contributed by atoms with Gasteiger partial charge < -0.3 is 20.5 Å². The molecule has 1 fully saturated rings. The van der Waals surface area contributed by atoms with E-state index >= 15 is 0 Å². The Bertz CT molecular complexity index is 1410. The number of piperidine rings is 1. The predicted molar refractivity (Wildman–Crippen MR) is 145 cm³/mol. The third-order valence-corrected chi connectivity index (χ3v) is 6.47. The average Bonchev–Trinajstić information content (AvgIpc) is 3.19. The topological polar surface area (TPSA) is 103 Å². The minimum atomic E-state index is -0.454. The minimum Gasteiger partial charge on any atom is -0.349 e. The first kappa shape index (κ1) is 24.9. The molecule has 0 aliphatic carbocycles. The third-order valence-electron chi connectivity index (χ3n) is 6.24. The molecule has 1 atom stereocenters. The molecule has 0 saturated carbocycles. The van der Waals surface area contributed by atoms with Crippen LogP contribution in [0.15, 0.2) is 45.5 Å². The fourth-order valence-electron chi connectivity index (χ4n) is 4.45. The Labute approximate surface area is 209 Å². The van der Waals surface area contributed by atoms with Crippen molar-refractivity contribution in [2.45, 2.75) is 52.7 Å². The Balaban J connectivity index is 1.80. The second-order valence-corrected chi connectivity index (χ2v) is 9.97. The lowest BCUT2D eigenvalue weighted by molar-refractivity contribution is 0.495. The van der Waals surface area contributed by atoms with Crippen molar-refractivity contribution in [2.24, 2.45) is 12.8 Å². The maximum Gasteiger partial charge on any atom is 0.332 e. The summed E-state index contributed by atoms with van der Waals surface area (Å²) in [5, 5.41) is 3.14. The first-order chi connectivity index (χ1) is 16.7. The van der Waals surface area contributed by atoms with Crippen molar-refractivity contribution in [1.29, 1.82) is 0 Å². The van der Waals surface area contributed by atoms with Crippen LogP contribution in [0.2, 0.25) is 0 Å². The summed E-state index contributed by atoms with van der Waals surface area (Å²) in [7, 11) is 1.64. The molecule has 1 unspecified atom stereocenters. The second-order valence-electron chi connectivity index (χ2n) is 9.47. The summed E-state index contributed by atoms with van der Waals surface area (Å²) >= 11 is 5.51. The highest BCUT2D eigenvalue weighted by molar-refractivity contribution is 7.80.